The minimum atomic E-state index is -2.17. The Balaban J connectivity index is 1.08. The summed E-state index contributed by atoms with van der Waals surface area (Å²) in [5.74, 6) is 1.38. The summed E-state index contributed by atoms with van der Waals surface area (Å²) in [7, 11) is -4.34. The quantitative estimate of drug-likeness (QED) is 0.506. The topological polar surface area (TPSA) is 74.8 Å². The molecule has 23 heavy (non-hydrogen) atoms. The molecule has 4 rings (SSSR count). The van der Waals surface area contributed by atoms with Gasteiger partial charge in [0.25, 0.3) is 0 Å². The predicted octanol–water partition coefficient (Wildman–Crippen LogP) is 1.34. The van der Waals surface area contributed by atoms with Crippen LogP contribution in [0.2, 0.25) is 12.1 Å². The van der Waals surface area contributed by atoms with Crippen molar-refractivity contribution in [2.75, 3.05) is 0 Å². The summed E-state index contributed by atoms with van der Waals surface area (Å²) < 4.78 is 16.7. The van der Waals surface area contributed by atoms with Gasteiger partial charge < -0.3 is 23.2 Å². The molecule has 2 heterocycles. The second-order valence-electron chi connectivity index (χ2n) is 7.98. The highest BCUT2D eigenvalue weighted by Crippen LogP contribution is 2.42. The third-order valence-electron chi connectivity index (χ3n) is 6.18. The normalized spacial score (nSPS) is 44.1. The first-order valence-corrected chi connectivity index (χ1v) is 13.1. The molecule has 0 bridgehead atoms. The SMILES string of the molecule is O[SiH](CCC1CCC2OC2C1)O[SiH](O)CCC1CCC2OC2C1. The molecule has 132 valence electrons. The molecule has 0 radical (unpaired) electrons. The van der Waals surface area contributed by atoms with Crippen LogP contribution in [0.4, 0.5) is 0 Å². The molecule has 7 heteroatoms. The third kappa shape index (κ3) is 4.65. The van der Waals surface area contributed by atoms with Crippen LogP contribution >= 0.6 is 0 Å². The van der Waals surface area contributed by atoms with Gasteiger partial charge in [0.2, 0.25) is 0 Å². The molecular weight excluding hydrogens is 328 g/mol. The number of rotatable bonds is 8. The van der Waals surface area contributed by atoms with Gasteiger partial charge in [-0.25, -0.2) is 0 Å². The highest BCUT2D eigenvalue weighted by Gasteiger charge is 2.44. The van der Waals surface area contributed by atoms with Crippen LogP contribution < -0.4 is 0 Å². The number of ether oxygens (including phenoxy) is 2. The van der Waals surface area contributed by atoms with E-state index >= 15 is 0 Å². The smallest absolute Gasteiger partial charge is 0.309 e. The highest BCUT2D eigenvalue weighted by molar-refractivity contribution is 6.57. The maximum atomic E-state index is 10.2. The minimum Gasteiger partial charge on any atom is -0.419 e. The van der Waals surface area contributed by atoms with Crippen molar-refractivity contribution in [3.63, 3.8) is 0 Å². The lowest BCUT2D eigenvalue weighted by atomic mass is 9.88. The Kier molecular flexibility index (Phi) is 5.25. The Labute approximate surface area is 142 Å². The summed E-state index contributed by atoms with van der Waals surface area (Å²) in [5.41, 5.74) is 0. The van der Waals surface area contributed by atoms with Gasteiger partial charge in [0.1, 0.15) is 0 Å². The Morgan fingerprint density at radius 3 is 1.65 bits per heavy atom. The van der Waals surface area contributed by atoms with Gasteiger partial charge in [-0.2, -0.15) is 0 Å². The van der Waals surface area contributed by atoms with Gasteiger partial charge in [-0.1, -0.05) is 0 Å². The van der Waals surface area contributed by atoms with E-state index in [4.69, 9.17) is 13.6 Å². The monoisotopic (exact) mass is 358 g/mol. The summed E-state index contributed by atoms with van der Waals surface area (Å²) in [6.07, 6.45) is 11.4. The van der Waals surface area contributed by atoms with E-state index in [0.29, 0.717) is 36.3 Å². The van der Waals surface area contributed by atoms with Crippen LogP contribution in [0.5, 0.6) is 0 Å². The van der Waals surface area contributed by atoms with Gasteiger partial charge in [0.15, 0.2) is 0 Å². The van der Waals surface area contributed by atoms with Crippen LogP contribution in [0.25, 0.3) is 0 Å². The molecule has 0 aromatic rings. The molecule has 2 aliphatic carbocycles. The van der Waals surface area contributed by atoms with Crippen molar-refractivity contribution in [2.45, 2.75) is 87.9 Å². The number of hydrogen-bond acceptors (Lipinski definition) is 5. The van der Waals surface area contributed by atoms with Crippen LogP contribution in [-0.4, -0.2) is 52.6 Å². The summed E-state index contributed by atoms with van der Waals surface area (Å²) >= 11 is 0. The fourth-order valence-electron chi connectivity index (χ4n) is 4.57. The molecule has 2 aliphatic heterocycles. The second kappa shape index (κ2) is 7.23. The molecule has 0 spiro atoms. The van der Waals surface area contributed by atoms with E-state index in [0.717, 1.165) is 37.8 Å². The molecule has 2 N–H and O–H groups in total. The number of hydrogen-bond donors (Lipinski definition) is 2. The Morgan fingerprint density at radius 1 is 0.739 bits per heavy atom. The summed E-state index contributed by atoms with van der Waals surface area (Å²) in [5, 5.41) is 0. The van der Waals surface area contributed by atoms with Crippen LogP contribution in [0, 0.1) is 11.8 Å². The van der Waals surface area contributed by atoms with Crippen molar-refractivity contribution in [2.24, 2.45) is 11.8 Å². The van der Waals surface area contributed by atoms with E-state index < -0.39 is 18.6 Å². The van der Waals surface area contributed by atoms with E-state index in [9.17, 15) is 9.59 Å². The molecule has 4 aliphatic rings. The highest BCUT2D eigenvalue weighted by atomic mass is 28.4. The molecule has 5 nitrogen and oxygen atoms in total. The zero-order valence-corrected chi connectivity index (χ0v) is 16.1. The fraction of sp³-hybridized carbons (Fsp3) is 1.00. The van der Waals surface area contributed by atoms with Crippen molar-refractivity contribution in [3.05, 3.63) is 0 Å². The molecule has 0 aromatic heterocycles. The van der Waals surface area contributed by atoms with Gasteiger partial charge >= 0.3 is 18.6 Å². The molecule has 0 amide bonds. The fourth-order valence-corrected chi connectivity index (χ4v) is 8.62. The third-order valence-corrected chi connectivity index (χ3v) is 10.4. The van der Waals surface area contributed by atoms with Crippen LogP contribution in [0.15, 0.2) is 0 Å². The standard InChI is InChI=1S/C16H30O5Si2/c17-22(7-5-11-1-3-13-15(9-11)19-13)21-23(18)8-6-12-2-4-14-16(10-12)20-14/h11-18,22-23H,1-10H2. The first-order chi connectivity index (χ1) is 11.2. The first kappa shape index (κ1) is 16.7. The van der Waals surface area contributed by atoms with Crippen LogP contribution in [-0.2, 0) is 13.6 Å². The lowest BCUT2D eigenvalue weighted by molar-refractivity contribution is 0.320. The Bertz CT molecular complexity index is 376. The summed E-state index contributed by atoms with van der Waals surface area (Å²) in [6, 6.07) is 1.57. The molecular formula is C16H30O5Si2. The van der Waals surface area contributed by atoms with E-state index in [1.54, 1.807) is 0 Å². The van der Waals surface area contributed by atoms with Crippen LogP contribution in [0.1, 0.15) is 51.4 Å². The van der Waals surface area contributed by atoms with Crippen molar-refractivity contribution >= 4 is 18.6 Å². The van der Waals surface area contributed by atoms with Gasteiger partial charge in [0, 0.05) is 0 Å². The molecule has 2 saturated carbocycles. The lowest BCUT2D eigenvalue weighted by Gasteiger charge is -2.22. The van der Waals surface area contributed by atoms with Crippen molar-refractivity contribution in [1.29, 1.82) is 0 Å². The second-order valence-corrected chi connectivity index (χ2v) is 12.0. The molecule has 8 atom stereocenters. The van der Waals surface area contributed by atoms with Gasteiger partial charge in [-0.3, -0.25) is 0 Å². The maximum Gasteiger partial charge on any atom is 0.309 e. The summed E-state index contributed by atoms with van der Waals surface area (Å²) in [4.78, 5) is 20.3. The average molecular weight is 359 g/mol. The zero-order valence-electron chi connectivity index (χ0n) is 13.8. The molecule has 4 fully saturated rings. The predicted molar refractivity (Wildman–Crippen MR) is 90.7 cm³/mol. The largest absolute Gasteiger partial charge is 0.419 e. The number of epoxide rings is 2. The van der Waals surface area contributed by atoms with E-state index in [2.05, 4.69) is 0 Å². The van der Waals surface area contributed by atoms with E-state index in [-0.39, 0.29) is 0 Å². The van der Waals surface area contributed by atoms with Gasteiger partial charge in [0.05, 0.1) is 24.4 Å². The lowest BCUT2D eigenvalue weighted by Crippen LogP contribution is -2.30. The first-order valence-electron chi connectivity index (χ1n) is 9.50. The minimum absolute atomic E-state index is 0.513. The molecule has 2 saturated heterocycles. The molecule has 0 aromatic carbocycles. The Morgan fingerprint density at radius 2 is 1.22 bits per heavy atom. The number of fused-ring (bicyclic) bond motifs is 2. The van der Waals surface area contributed by atoms with E-state index in [1.807, 2.05) is 0 Å². The Hall–Kier alpha value is 0.234. The average Bonchev–Trinajstić information content (AvgIpc) is 3.43. The maximum absolute atomic E-state index is 10.2. The summed E-state index contributed by atoms with van der Waals surface area (Å²) in [6.45, 7) is 0. The van der Waals surface area contributed by atoms with Crippen molar-refractivity contribution in [3.8, 4) is 0 Å². The van der Waals surface area contributed by atoms with Gasteiger partial charge in [-0.15, -0.1) is 0 Å². The van der Waals surface area contributed by atoms with Crippen molar-refractivity contribution < 1.29 is 23.2 Å². The molecule has 8 unspecified atom stereocenters. The van der Waals surface area contributed by atoms with Gasteiger partial charge in [-0.05, 0) is 75.3 Å². The zero-order chi connectivity index (χ0) is 15.8. The van der Waals surface area contributed by atoms with Crippen LogP contribution in [0.3, 0.4) is 0 Å². The van der Waals surface area contributed by atoms with E-state index in [1.165, 1.54) is 25.7 Å². The van der Waals surface area contributed by atoms with Crippen molar-refractivity contribution in [1.82, 2.24) is 0 Å².